The van der Waals surface area contributed by atoms with Crippen molar-refractivity contribution in [2.45, 2.75) is 18.2 Å². The maximum absolute atomic E-state index is 12.0. The topological polar surface area (TPSA) is 84.0 Å². The number of nitrogens with zero attached hydrogens (tertiary/aromatic N) is 2. The Balaban J connectivity index is 1.53. The Labute approximate surface area is 165 Å². The predicted octanol–water partition coefficient (Wildman–Crippen LogP) is 3.95. The Morgan fingerprint density at radius 2 is 1.81 bits per heavy atom. The Morgan fingerprint density at radius 3 is 2.59 bits per heavy atom. The quantitative estimate of drug-likeness (QED) is 0.612. The molecule has 3 rings (SSSR count). The van der Waals surface area contributed by atoms with Gasteiger partial charge in [0, 0.05) is 11.3 Å². The highest BCUT2D eigenvalue weighted by Gasteiger charge is 2.12. The second kappa shape index (κ2) is 8.79. The lowest BCUT2D eigenvalue weighted by Gasteiger charge is -2.08. The lowest BCUT2D eigenvalue weighted by molar-refractivity contribution is -0.117. The SMILES string of the molecule is Cc1cccc(Nc2nnc(SCC(=O)NC(=O)c3ccccc3)s2)c1C. The number of carbonyl (C=O) groups is 2. The molecule has 0 spiro atoms. The Bertz CT molecular complexity index is 957. The van der Waals surface area contributed by atoms with Gasteiger partial charge >= 0.3 is 0 Å². The van der Waals surface area contributed by atoms with E-state index in [4.69, 9.17) is 0 Å². The van der Waals surface area contributed by atoms with Crippen LogP contribution >= 0.6 is 23.1 Å². The summed E-state index contributed by atoms with van der Waals surface area (Å²) in [6.07, 6.45) is 0. The van der Waals surface area contributed by atoms with E-state index >= 15 is 0 Å². The molecule has 0 radical (unpaired) electrons. The fraction of sp³-hybridized carbons (Fsp3) is 0.158. The molecule has 0 unspecified atom stereocenters. The highest BCUT2D eigenvalue weighted by Crippen LogP contribution is 2.29. The second-order valence-electron chi connectivity index (χ2n) is 5.78. The molecule has 27 heavy (non-hydrogen) atoms. The number of imide groups is 1. The molecule has 0 saturated carbocycles. The minimum absolute atomic E-state index is 0.0939. The average Bonchev–Trinajstić information content (AvgIpc) is 3.12. The number of carbonyl (C=O) groups excluding carboxylic acids is 2. The molecule has 6 nitrogen and oxygen atoms in total. The lowest BCUT2D eigenvalue weighted by atomic mass is 10.1. The fourth-order valence-electron chi connectivity index (χ4n) is 2.27. The van der Waals surface area contributed by atoms with Crippen LogP contribution in [0.1, 0.15) is 21.5 Å². The molecule has 0 aliphatic rings. The summed E-state index contributed by atoms with van der Waals surface area (Å²) in [6.45, 7) is 4.10. The Hall–Kier alpha value is -2.71. The second-order valence-corrected chi connectivity index (χ2v) is 7.98. The third kappa shape index (κ3) is 5.15. The van der Waals surface area contributed by atoms with Crippen LogP contribution in [0.5, 0.6) is 0 Å². The van der Waals surface area contributed by atoms with Crippen LogP contribution in [-0.4, -0.2) is 27.8 Å². The van der Waals surface area contributed by atoms with Crippen molar-refractivity contribution in [3.8, 4) is 0 Å². The van der Waals surface area contributed by atoms with Gasteiger partial charge in [0.15, 0.2) is 4.34 Å². The summed E-state index contributed by atoms with van der Waals surface area (Å²) in [5.74, 6) is -0.680. The van der Waals surface area contributed by atoms with Crippen molar-refractivity contribution in [1.29, 1.82) is 0 Å². The zero-order valence-corrected chi connectivity index (χ0v) is 16.5. The van der Waals surface area contributed by atoms with Gasteiger partial charge in [-0.1, -0.05) is 53.4 Å². The molecule has 2 N–H and O–H groups in total. The van der Waals surface area contributed by atoms with E-state index in [1.165, 1.54) is 28.7 Å². The van der Waals surface area contributed by atoms with Crippen LogP contribution in [0.3, 0.4) is 0 Å². The summed E-state index contributed by atoms with van der Waals surface area (Å²) in [5.41, 5.74) is 3.78. The summed E-state index contributed by atoms with van der Waals surface area (Å²) in [6, 6.07) is 14.6. The van der Waals surface area contributed by atoms with Gasteiger partial charge in [-0.15, -0.1) is 10.2 Å². The first-order chi connectivity index (χ1) is 13.0. The van der Waals surface area contributed by atoms with Crippen LogP contribution in [0.2, 0.25) is 0 Å². The van der Waals surface area contributed by atoms with E-state index in [1.807, 2.05) is 25.1 Å². The standard InChI is InChI=1S/C19H18N4O2S2/c1-12-7-6-10-15(13(12)2)20-18-22-23-19(27-18)26-11-16(24)21-17(25)14-8-4-3-5-9-14/h3-10H,11H2,1-2H3,(H,20,22)(H,21,24,25). The van der Waals surface area contributed by atoms with E-state index in [2.05, 4.69) is 33.8 Å². The average molecular weight is 399 g/mol. The molecule has 0 atom stereocenters. The zero-order chi connectivity index (χ0) is 19.2. The maximum Gasteiger partial charge on any atom is 0.257 e. The monoisotopic (exact) mass is 398 g/mol. The molecule has 8 heteroatoms. The summed E-state index contributed by atoms with van der Waals surface area (Å²) in [7, 11) is 0. The third-order valence-electron chi connectivity index (χ3n) is 3.87. The predicted molar refractivity (Wildman–Crippen MR) is 109 cm³/mol. The number of hydrogen-bond donors (Lipinski definition) is 2. The van der Waals surface area contributed by atoms with Crippen LogP contribution in [0.25, 0.3) is 0 Å². The fourth-order valence-corrected chi connectivity index (χ4v) is 3.84. The molecule has 0 saturated heterocycles. The number of thioether (sulfide) groups is 1. The minimum Gasteiger partial charge on any atom is -0.330 e. The van der Waals surface area contributed by atoms with Crippen LogP contribution in [0.4, 0.5) is 10.8 Å². The first-order valence-electron chi connectivity index (χ1n) is 8.21. The molecular weight excluding hydrogens is 380 g/mol. The first kappa shape index (κ1) is 19.1. The van der Waals surface area contributed by atoms with Crippen molar-refractivity contribution >= 4 is 45.7 Å². The first-order valence-corrected chi connectivity index (χ1v) is 10.0. The highest BCUT2D eigenvalue weighted by molar-refractivity contribution is 8.01. The number of hydrogen-bond acceptors (Lipinski definition) is 7. The van der Waals surface area contributed by atoms with E-state index in [-0.39, 0.29) is 11.7 Å². The normalized spacial score (nSPS) is 10.4. The van der Waals surface area contributed by atoms with E-state index in [0.717, 1.165) is 11.3 Å². The van der Waals surface area contributed by atoms with Gasteiger partial charge in [0.1, 0.15) is 0 Å². The third-order valence-corrected chi connectivity index (χ3v) is 5.84. The molecule has 3 aromatic rings. The molecule has 138 valence electrons. The van der Waals surface area contributed by atoms with E-state index in [1.54, 1.807) is 24.3 Å². The number of aromatic nitrogens is 2. The van der Waals surface area contributed by atoms with E-state index in [0.29, 0.717) is 15.0 Å². The number of anilines is 2. The minimum atomic E-state index is -0.407. The molecule has 0 aliphatic heterocycles. The Kier molecular flexibility index (Phi) is 6.20. The maximum atomic E-state index is 12.0. The van der Waals surface area contributed by atoms with Crippen molar-refractivity contribution in [3.05, 3.63) is 65.2 Å². The van der Waals surface area contributed by atoms with E-state index < -0.39 is 5.91 Å². The van der Waals surface area contributed by atoms with Crippen LogP contribution in [0.15, 0.2) is 52.9 Å². The van der Waals surface area contributed by atoms with Gasteiger partial charge in [0.2, 0.25) is 11.0 Å². The van der Waals surface area contributed by atoms with Gasteiger partial charge < -0.3 is 5.32 Å². The molecular formula is C19H18N4O2S2. The molecule has 1 heterocycles. The van der Waals surface area contributed by atoms with Crippen LogP contribution < -0.4 is 10.6 Å². The zero-order valence-electron chi connectivity index (χ0n) is 14.9. The van der Waals surface area contributed by atoms with Crippen molar-refractivity contribution in [1.82, 2.24) is 15.5 Å². The number of nitrogens with one attached hydrogen (secondary N) is 2. The molecule has 0 aliphatic carbocycles. The van der Waals surface area contributed by atoms with Crippen LogP contribution in [0, 0.1) is 13.8 Å². The number of benzene rings is 2. The molecule has 0 bridgehead atoms. The van der Waals surface area contributed by atoms with Gasteiger partial charge in [-0.3, -0.25) is 14.9 Å². The van der Waals surface area contributed by atoms with Crippen LogP contribution in [-0.2, 0) is 4.79 Å². The van der Waals surface area contributed by atoms with Crippen molar-refractivity contribution in [2.24, 2.45) is 0 Å². The molecule has 1 aromatic heterocycles. The number of rotatable bonds is 6. The van der Waals surface area contributed by atoms with Gasteiger partial charge in [-0.25, -0.2) is 0 Å². The van der Waals surface area contributed by atoms with Crippen molar-refractivity contribution in [3.63, 3.8) is 0 Å². The smallest absolute Gasteiger partial charge is 0.257 e. The van der Waals surface area contributed by atoms with Gasteiger partial charge in [0.25, 0.3) is 5.91 Å². The molecule has 2 aromatic carbocycles. The number of aryl methyl sites for hydroxylation is 1. The summed E-state index contributed by atoms with van der Waals surface area (Å²) >= 11 is 2.61. The molecule has 0 fully saturated rings. The van der Waals surface area contributed by atoms with Gasteiger partial charge in [-0.2, -0.15) is 0 Å². The summed E-state index contributed by atoms with van der Waals surface area (Å²) in [4.78, 5) is 23.9. The van der Waals surface area contributed by atoms with Crippen molar-refractivity contribution in [2.75, 3.05) is 11.1 Å². The summed E-state index contributed by atoms with van der Waals surface area (Å²) < 4.78 is 0.658. The van der Waals surface area contributed by atoms with Crippen molar-refractivity contribution < 1.29 is 9.59 Å². The lowest BCUT2D eigenvalue weighted by Crippen LogP contribution is -2.31. The highest BCUT2D eigenvalue weighted by atomic mass is 32.2. The largest absolute Gasteiger partial charge is 0.330 e. The summed E-state index contributed by atoms with van der Waals surface area (Å²) in [5, 5.41) is 14.5. The van der Waals surface area contributed by atoms with E-state index in [9.17, 15) is 9.59 Å². The van der Waals surface area contributed by atoms with Gasteiger partial charge in [0.05, 0.1) is 5.75 Å². The Morgan fingerprint density at radius 1 is 1.04 bits per heavy atom. The number of amides is 2. The molecule has 2 amide bonds. The van der Waals surface area contributed by atoms with Gasteiger partial charge in [-0.05, 0) is 43.2 Å².